The van der Waals surface area contributed by atoms with E-state index in [-0.39, 0.29) is 11.4 Å². The zero-order chi connectivity index (χ0) is 15.7. The van der Waals surface area contributed by atoms with Gasteiger partial charge >= 0.3 is 0 Å². The minimum Gasteiger partial charge on any atom is -0.347 e. The van der Waals surface area contributed by atoms with Crippen LogP contribution in [0.1, 0.15) is 56.3 Å². The summed E-state index contributed by atoms with van der Waals surface area (Å²) in [5.74, 6) is 0.493. The van der Waals surface area contributed by atoms with Crippen LogP contribution in [0.3, 0.4) is 0 Å². The summed E-state index contributed by atoms with van der Waals surface area (Å²) in [6.45, 7) is 4.27. The maximum absolute atomic E-state index is 12.6. The predicted molar refractivity (Wildman–Crippen MR) is 86.6 cm³/mol. The van der Waals surface area contributed by atoms with Crippen LogP contribution in [0, 0.1) is 5.92 Å². The van der Waals surface area contributed by atoms with Crippen molar-refractivity contribution in [3.63, 3.8) is 0 Å². The molecule has 5 heteroatoms. The van der Waals surface area contributed by atoms with Gasteiger partial charge in [0.1, 0.15) is 5.52 Å². The van der Waals surface area contributed by atoms with E-state index in [4.69, 9.17) is 0 Å². The lowest BCUT2D eigenvalue weighted by Crippen LogP contribution is -2.49. The molecule has 1 aliphatic carbocycles. The standard InChI is InChI=1S/C17H24N4O/c1-17(2,13-7-5-4-6-8-13)20-16(22)12-9-14-15(18-10-12)21(3)11-19-14/h9-11,13H,4-8H2,1-3H3,(H,20,22). The van der Waals surface area contributed by atoms with Crippen LogP contribution in [-0.2, 0) is 7.05 Å². The fourth-order valence-electron chi connectivity index (χ4n) is 3.43. The Balaban J connectivity index is 1.77. The Hall–Kier alpha value is -1.91. The highest BCUT2D eigenvalue weighted by molar-refractivity contribution is 5.96. The Kier molecular flexibility index (Phi) is 3.89. The van der Waals surface area contributed by atoms with Gasteiger partial charge in [-0.25, -0.2) is 9.97 Å². The first-order valence-electron chi connectivity index (χ1n) is 8.07. The van der Waals surface area contributed by atoms with Crippen LogP contribution >= 0.6 is 0 Å². The highest BCUT2D eigenvalue weighted by atomic mass is 16.1. The molecule has 2 aromatic rings. The highest BCUT2D eigenvalue weighted by Crippen LogP contribution is 2.32. The monoisotopic (exact) mass is 300 g/mol. The molecule has 1 amide bonds. The molecule has 2 heterocycles. The topological polar surface area (TPSA) is 59.8 Å². The number of fused-ring (bicyclic) bond motifs is 1. The molecule has 0 unspecified atom stereocenters. The Morgan fingerprint density at radius 1 is 1.27 bits per heavy atom. The van der Waals surface area contributed by atoms with Gasteiger partial charge in [-0.2, -0.15) is 0 Å². The van der Waals surface area contributed by atoms with E-state index in [0.29, 0.717) is 11.5 Å². The second-order valence-corrected chi connectivity index (χ2v) is 6.93. The molecule has 22 heavy (non-hydrogen) atoms. The molecule has 2 aromatic heterocycles. The Labute approximate surface area is 131 Å². The first-order chi connectivity index (χ1) is 10.5. The average molecular weight is 300 g/mol. The number of rotatable bonds is 3. The second-order valence-electron chi connectivity index (χ2n) is 6.93. The van der Waals surface area contributed by atoms with E-state index >= 15 is 0 Å². The van der Waals surface area contributed by atoms with Crippen molar-refractivity contribution < 1.29 is 4.79 Å². The maximum Gasteiger partial charge on any atom is 0.253 e. The third kappa shape index (κ3) is 2.85. The molecule has 0 saturated heterocycles. The van der Waals surface area contributed by atoms with Crippen molar-refractivity contribution in [1.29, 1.82) is 0 Å². The summed E-state index contributed by atoms with van der Waals surface area (Å²) >= 11 is 0. The van der Waals surface area contributed by atoms with E-state index in [0.717, 1.165) is 11.2 Å². The number of nitrogens with zero attached hydrogens (tertiary/aromatic N) is 3. The quantitative estimate of drug-likeness (QED) is 0.947. The smallest absolute Gasteiger partial charge is 0.253 e. The fraction of sp³-hybridized carbons (Fsp3) is 0.588. The van der Waals surface area contributed by atoms with Crippen LogP contribution in [0.25, 0.3) is 11.2 Å². The molecule has 118 valence electrons. The van der Waals surface area contributed by atoms with E-state index in [9.17, 15) is 4.79 Å². The van der Waals surface area contributed by atoms with Crippen LogP contribution in [-0.4, -0.2) is 26.0 Å². The lowest BCUT2D eigenvalue weighted by molar-refractivity contribution is 0.0858. The molecule has 0 aliphatic heterocycles. The van der Waals surface area contributed by atoms with Gasteiger partial charge in [0.2, 0.25) is 0 Å². The molecule has 0 aromatic carbocycles. The summed E-state index contributed by atoms with van der Waals surface area (Å²) in [4.78, 5) is 21.2. The van der Waals surface area contributed by atoms with Gasteiger partial charge in [-0.05, 0) is 38.7 Å². The van der Waals surface area contributed by atoms with Gasteiger partial charge in [0.05, 0.1) is 11.9 Å². The number of hydrogen-bond donors (Lipinski definition) is 1. The van der Waals surface area contributed by atoms with Crippen LogP contribution in [0.2, 0.25) is 0 Å². The van der Waals surface area contributed by atoms with E-state index in [2.05, 4.69) is 29.1 Å². The van der Waals surface area contributed by atoms with E-state index in [1.807, 2.05) is 17.7 Å². The van der Waals surface area contributed by atoms with Gasteiger partial charge in [0.25, 0.3) is 5.91 Å². The Morgan fingerprint density at radius 2 is 2.00 bits per heavy atom. The van der Waals surface area contributed by atoms with Crippen LogP contribution in [0.15, 0.2) is 18.6 Å². The third-order valence-electron chi connectivity index (χ3n) is 4.88. The minimum absolute atomic E-state index is 0.0596. The molecule has 1 fully saturated rings. The lowest BCUT2D eigenvalue weighted by Gasteiger charge is -2.37. The number of imidazole rings is 1. The van der Waals surface area contributed by atoms with Crippen LogP contribution < -0.4 is 5.32 Å². The van der Waals surface area contributed by atoms with Crippen molar-refractivity contribution >= 4 is 17.1 Å². The number of carbonyl (C=O) groups is 1. The van der Waals surface area contributed by atoms with Crippen molar-refractivity contribution in [3.05, 3.63) is 24.2 Å². The maximum atomic E-state index is 12.6. The molecule has 1 N–H and O–H groups in total. The van der Waals surface area contributed by atoms with E-state index in [1.165, 1.54) is 32.1 Å². The molecule has 5 nitrogen and oxygen atoms in total. The van der Waals surface area contributed by atoms with Gasteiger partial charge in [0, 0.05) is 18.8 Å². The number of nitrogens with one attached hydrogen (secondary N) is 1. The fourth-order valence-corrected chi connectivity index (χ4v) is 3.43. The Bertz CT molecular complexity index is 683. The van der Waals surface area contributed by atoms with Crippen molar-refractivity contribution in [1.82, 2.24) is 19.9 Å². The van der Waals surface area contributed by atoms with Crippen LogP contribution in [0.4, 0.5) is 0 Å². The second kappa shape index (κ2) is 5.71. The SMILES string of the molecule is Cn1cnc2cc(C(=O)NC(C)(C)C3CCCCC3)cnc21. The van der Waals surface area contributed by atoms with Gasteiger partial charge in [-0.15, -0.1) is 0 Å². The number of carbonyl (C=O) groups excluding carboxylic acids is 1. The first kappa shape index (κ1) is 15.0. The number of amides is 1. The molecule has 0 atom stereocenters. The van der Waals surface area contributed by atoms with Gasteiger partial charge in [-0.3, -0.25) is 4.79 Å². The minimum atomic E-state index is -0.184. The third-order valence-corrected chi connectivity index (χ3v) is 4.88. The zero-order valence-electron chi connectivity index (χ0n) is 13.6. The van der Waals surface area contributed by atoms with E-state index < -0.39 is 0 Å². The highest BCUT2D eigenvalue weighted by Gasteiger charge is 2.32. The molecular formula is C17H24N4O. The number of aryl methyl sites for hydroxylation is 1. The summed E-state index contributed by atoms with van der Waals surface area (Å²) in [7, 11) is 1.90. The normalized spacial score (nSPS) is 16.9. The molecule has 3 rings (SSSR count). The van der Waals surface area contributed by atoms with E-state index in [1.54, 1.807) is 12.5 Å². The average Bonchev–Trinajstić information content (AvgIpc) is 2.88. The summed E-state index contributed by atoms with van der Waals surface area (Å²) < 4.78 is 1.85. The van der Waals surface area contributed by atoms with Crippen molar-refractivity contribution in [2.45, 2.75) is 51.5 Å². The molecule has 0 spiro atoms. The van der Waals surface area contributed by atoms with Gasteiger partial charge in [-0.1, -0.05) is 19.3 Å². The number of pyridine rings is 1. The largest absolute Gasteiger partial charge is 0.347 e. The van der Waals surface area contributed by atoms with Crippen molar-refractivity contribution in [2.24, 2.45) is 13.0 Å². The molecule has 1 aliphatic rings. The predicted octanol–water partition coefficient (Wildman–Crippen LogP) is 3.06. The van der Waals surface area contributed by atoms with Gasteiger partial charge < -0.3 is 9.88 Å². The van der Waals surface area contributed by atoms with Crippen LogP contribution in [0.5, 0.6) is 0 Å². The van der Waals surface area contributed by atoms with Gasteiger partial charge in [0.15, 0.2) is 5.65 Å². The zero-order valence-corrected chi connectivity index (χ0v) is 13.6. The first-order valence-corrected chi connectivity index (χ1v) is 8.07. The Morgan fingerprint density at radius 3 is 2.73 bits per heavy atom. The molecule has 1 saturated carbocycles. The molecule has 0 radical (unpaired) electrons. The molecule has 0 bridgehead atoms. The summed E-state index contributed by atoms with van der Waals surface area (Å²) in [5.41, 5.74) is 1.94. The number of hydrogen-bond acceptors (Lipinski definition) is 3. The summed E-state index contributed by atoms with van der Waals surface area (Å²) in [5, 5.41) is 3.20. The lowest BCUT2D eigenvalue weighted by atomic mass is 9.76. The molecular weight excluding hydrogens is 276 g/mol. The number of aromatic nitrogens is 3. The summed E-state index contributed by atoms with van der Waals surface area (Å²) in [6, 6.07) is 1.81. The van der Waals surface area contributed by atoms with Crippen molar-refractivity contribution in [2.75, 3.05) is 0 Å². The summed E-state index contributed by atoms with van der Waals surface area (Å²) in [6.07, 6.45) is 9.61. The van der Waals surface area contributed by atoms with Crippen molar-refractivity contribution in [3.8, 4) is 0 Å².